The highest BCUT2D eigenvalue weighted by atomic mass is 35.5. The minimum absolute atomic E-state index is 0.00763. The summed E-state index contributed by atoms with van der Waals surface area (Å²) < 4.78 is 5.77. The molecule has 2 atom stereocenters. The fourth-order valence-electron chi connectivity index (χ4n) is 2.67. The number of nitrogens with two attached hydrogens (primary N) is 1. The van der Waals surface area contributed by atoms with E-state index in [0.717, 1.165) is 17.7 Å². The summed E-state index contributed by atoms with van der Waals surface area (Å²) in [6.45, 7) is 0.456. The fourth-order valence-corrected chi connectivity index (χ4v) is 4.11. The topological polar surface area (TPSA) is 88.1 Å². The molecular formula is C19H18ClN3O2S. The third kappa shape index (κ3) is 4.31. The molecule has 0 aromatic heterocycles. The van der Waals surface area contributed by atoms with Crippen molar-refractivity contribution in [2.75, 3.05) is 12.3 Å². The highest BCUT2D eigenvalue weighted by molar-refractivity contribution is 8.00. The van der Waals surface area contributed by atoms with Crippen LogP contribution < -0.4 is 15.8 Å². The summed E-state index contributed by atoms with van der Waals surface area (Å²) in [5.41, 5.74) is 7.07. The first kappa shape index (κ1) is 18.6. The molecule has 7 heteroatoms. The number of rotatable bonds is 4. The van der Waals surface area contributed by atoms with E-state index in [0.29, 0.717) is 28.6 Å². The van der Waals surface area contributed by atoms with E-state index < -0.39 is 0 Å². The number of amides is 1. The SMILES string of the molecule is N#Cc1ccc(Oc2ccc([C@H]3SCC[C@@H](CN)NC3=O)cc2)c(Cl)c1. The molecule has 1 heterocycles. The van der Waals surface area contributed by atoms with Gasteiger partial charge in [0.2, 0.25) is 5.91 Å². The van der Waals surface area contributed by atoms with Crippen molar-refractivity contribution < 1.29 is 9.53 Å². The van der Waals surface area contributed by atoms with Gasteiger partial charge in [0.05, 0.1) is 16.7 Å². The van der Waals surface area contributed by atoms with E-state index in [2.05, 4.69) is 5.32 Å². The Labute approximate surface area is 161 Å². The lowest BCUT2D eigenvalue weighted by molar-refractivity contribution is -0.121. The second-order valence-corrected chi connectivity index (χ2v) is 7.53. The molecule has 0 aliphatic carbocycles. The van der Waals surface area contributed by atoms with Crippen LogP contribution in [0.25, 0.3) is 0 Å². The van der Waals surface area contributed by atoms with Crippen LogP contribution in [0.15, 0.2) is 42.5 Å². The summed E-state index contributed by atoms with van der Waals surface area (Å²) in [5, 5.41) is 12.0. The molecule has 1 fully saturated rings. The van der Waals surface area contributed by atoms with Crippen molar-refractivity contribution in [3.05, 3.63) is 58.6 Å². The summed E-state index contributed by atoms with van der Waals surface area (Å²) in [5.74, 6) is 1.96. The lowest BCUT2D eigenvalue weighted by atomic mass is 10.1. The van der Waals surface area contributed by atoms with Crippen molar-refractivity contribution in [3.8, 4) is 17.6 Å². The summed E-state index contributed by atoms with van der Waals surface area (Å²) in [7, 11) is 0. The minimum atomic E-state index is -0.251. The molecule has 1 amide bonds. The van der Waals surface area contributed by atoms with Gasteiger partial charge in [-0.1, -0.05) is 23.7 Å². The van der Waals surface area contributed by atoms with Crippen LogP contribution in [0, 0.1) is 11.3 Å². The third-order valence-electron chi connectivity index (χ3n) is 4.09. The Bertz CT molecular complexity index is 836. The number of hydrogen-bond donors (Lipinski definition) is 2. The van der Waals surface area contributed by atoms with Gasteiger partial charge < -0.3 is 15.8 Å². The van der Waals surface area contributed by atoms with Gasteiger partial charge in [-0.2, -0.15) is 5.26 Å². The molecule has 2 aromatic carbocycles. The maximum Gasteiger partial charge on any atom is 0.237 e. The van der Waals surface area contributed by atoms with Gasteiger partial charge in [-0.3, -0.25) is 4.79 Å². The van der Waals surface area contributed by atoms with E-state index in [1.165, 1.54) is 0 Å². The van der Waals surface area contributed by atoms with Crippen molar-refractivity contribution in [2.24, 2.45) is 5.73 Å². The first-order valence-electron chi connectivity index (χ1n) is 8.20. The summed E-state index contributed by atoms with van der Waals surface area (Å²) >= 11 is 7.75. The van der Waals surface area contributed by atoms with E-state index >= 15 is 0 Å². The Balaban J connectivity index is 1.72. The zero-order valence-electron chi connectivity index (χ0n) is 13.9. The number of hydrogen-bond acceptors (Lipinski definition) is 5. The Morgan fingerprint density at radius 2 is 2.08 bits per heavy atom. The zero-order chi connectivity index (χ0) is 18.5. The average molecular weight is 388 g/mol. The van der Waals surface area contributed by atoms with Gasteiger partial charge >= 0.3 is 0 Å². The molecule has 26 heavy (non-hydrogen) atoms. The molecule has 5 nitrogen and oxygen atoms in total. The molecule has 3 rings (SSSR count). The summed E-state index contributed by atoms with van der Waals surface area (Å²) in [4.78, 5) is 12.4. The van der Waals surface area contributed by atoms with Crippen molar-refractivity contribution >= 4 is 29.3 Å². The number of halogens is 1. The molecular weight excluding hydrogens is 370 g/mol. The number of nitrogens with one attached hydrogen (secondary N) is 1. The number of carbonyl (C=O) groups is 1. The molecule has 1 aliphatic heterocycles. The molecule has 0 radical (unpaired) electrons. The Morgan fingerprint density at radius 3 is 2.73 bits per heavy atom. The predicted octanol–water partition coefficient (Wildman–Crippen LogP) is 3.63. The molecule has 3 N–H and O–H groups in total. The van der Waals surface area contributed by atoms with Crippen LogP contribution in [0.4, 0.5) is 0 Å². The van der Waals surface area contributed by atoms with E-state index in [9.17, 15) is 4.79 Å². The largest absolute Gasteiger partial charge is 0.456 e. The number of carbonyl (C=O) groups excluding carboxylic acids is 1. The van der Waals surface area contributed by atoms with Crippen LogP contribution in [-0.2, 0) is 4.79 Å². The fraction of sp³-hybridized carbons (Fsp3) is 0.263. The minimum Gasteiger partial charge on any atom is -0.456 e. The normalized spacial score (nSPS) is 20.0. The second kappa shape index (κ2) is 8.45. The van der Waals surface area contributed by atoms with Crippen molar-refractivity contribution in [2.45, 2.75) is 17.7 Å². The molecule has 0 unspecified atom stereocenters. The maximum atomic E-state index is 12.4. The van der Waals surface area contributed by atoms with E-state index in [4.69, 9.17) is 27.3 Å². The lowest BCUT2D eigenvalue weighted by Gasteiger charge is -2.16. The van der Waals surface area contributed by atoms with Crippen molar-refractivity contribution in [1.29, 1.82) is 5.26 Å². The van der Waals surface area contributed by atoms with Gasteiger partial charge in [0.1, 0.15) is 16.7 Å². The Hall–Kier alpha value is -2.20. The number of benzene rings is 2. The second-order valence-electron chi connectivity index (χ2n) is 5.91. The highest BCUT2D eigenvalue weighted by Crippen LogP contribution is 2.34. The van der Waals surface area contributed by atoms with Gasteiger partial charge in [-0.05, 0) is 48.1 Å². The van der Waals surface area contributed by atoms with E-state index in [1.807, 2.05) is 30.3 Å². The van der Waals surface area contributed by atoms with Crippen LogP contribution in [0.3, 0.4) is 0 Å². The van der Waals surface area contributed by atoms with Crippen molar-refractivity contribution in [3.63, 3.8) is 0 Å². The van der Waals surface area contributed by atoms with Crippen LogP contribution in [-0.4, -0.2) is 24.2 Å². The molecule has 0 saturated carbocycles. The van der Waals surface area contributed by atoms with Gasteiger partial charge in [0.15, 0.2) is 0 Å². The number of thioether (sulfide) groups is 1. The highest BCUT2D eigenvalue weighted by Gasteiger charge is 2.26. The smallest absolute Gasteiger partial charge is 0.237 e. The van der Waals surface area contributed by atoms with E-state index in [-0.39, 0.29) is 17.2 Å². The Morgan fingerprint density at radius 1 is 1.31 bits per heavy atom. The number of nitriles is 1. The molecule has 1 saturated heterocycles. The predicted molar refractivity (Wildman–Crippen MR) is 103 cm³/mol. The molecule has 134 valence electrons. The molecule has 0 bridgehead atoms. The number of ether oxygens (including phenoxy) is 1. The van der Waals surface area contributed by atoms with Crippen LogP contribution in [0.5, 0.6) is 11.5 Å². The molecule has 1 aliphatic rings. The first-order valence-corrected chi connectivity index (χ1v) is 9.63. The molecule has 0 spiro atoms. The van der Waals surface area contributed by atoms with Crippen molar-refractivity contribution in [1.82, 2.24) is 5.32 Å². The van der Waals surface area contributed by atoms with Crippen LogP contribution in [0.1, 0.15) is 22.8 Å². The molecule has 2 aromatic rings. The van der Waals surface area contributed by atoms with Gasteiger partial charge in [-0.15, -0.1) is 11.8 Å². The quantitative estimate of drug-likeness (QED) is 0.836. The summed E-state index contributed by atoms with van der Waals surface area (Å²) in [6, 6.07) is 14.3. The lowest BCUT2D eigenvalue weighted by Crippen LogP contribution is -2.40. The maximum absolute atomic E-state index is 12.4. The number of nitrogens with zero attached hydrogens (tertiary/aromatic N) is 1. The van der Waals surface area contributed by atoms with Gasteiger partial charge in [0, 0.05) is 12.6 Å². The van der Waals surface area contributed by atoms with Gasteiger partial charge in [-0.25, -0.2) is 0 Å². The van der Waals surface area contributed by atoms with Gasteiger partial charge in [0.25, 0.3) is 0 Å². The van der Waals surface area contributed by atoms with E-state index in [1.54, 1.807) is 30.0 Å². The van der Waals surface area contributed by atoms with Crippen LogP contribution >= 0.6 is 23.4 Å². The third-order valence-corrected chi connectivity index (χ3v) is 5.68. The van der Waals surface area contributed by atoms with Crippen LogP contribution in [0.2, 0.25) is 5.02 Å². The Kier molecular flexibility index (Phi) is 6.04. The standard InChI is InChI=1S/C19H18ClN3O2S/c20-16-9-12(10-21)1-6-17(16)25-15-4-2-13(3-5-15)18-19(24)23-14(11-22)7-8-26-18/h1-6,9,14,18H,7-8,11,22H2,(H,23,24)/t14-,18+/m0/s1. The average Bonchev–Trinajstić information content (AvgIpc) is 2.85. The monoisotopic (exact) mass is 387 g/mol. The summed E-state index contributed by atoms with van der Waals surface area (Å²) in [6.07, 6.45) is 0.877. The zero-order valence-corrected chi connectivity index (χ0v) is 15.5. The first-order chi connectivity index (χ1) is 12.6.